The van der Waals surface area contributed by atoms with Gasteiger partial charge in [-0.3, -0.25) is 0 Å². The van der Waals surface area contributed by atoms with Crippen LogP contribution in [-0.2, 0) is 14.3 Å². The van der Waals surface area contributed by atoms with Gasteiger partial charge in [-0.05, 0) is 20.8 Å². The summed E-state index contributed by atoms with van der Waals surface area (Å²) in [5, 5.41) is 0. The molecule has 0 saturated carbocycles. The first-order chi connectivity index (χ1) is 4.57. The Balaban J connectivity index is 3.62. The minimum atomic E-state index is -0.456. The maximum absolute atomic E-state index is 10.8. The molecule has 60 valence electrons. The van der Waals surface area contributed by atoms with Crippen LogP contribution in [0.15, 0.2) is 0 Å². The van der Waals surface area contributed by atoms with Crippen LogP contribution in [0.2, 0.25) is 0 Å². The third kappa shape index (κ3) is 3.45. The van der Waals surface area contributed by atoms with Crippen LogP contribution in [0.25, 0.3) is 0 Å². The molecule has 0 aliphatic heterocycles. The van der Waals surface area contributed by atoms with Gasteiger partial charge < -0.3 is 9.47 Å². The zero-order valence-corrected chi connectivity index (χ0v) is 6.88. The molecular weight excluding hydrogens is 132 g/mol. The summed E-state index contributed by atoms with van der Waals surface area (Å²) < 4.78 is 9.58. The summed E-state index contributed by atoms with van der Waals surface area (Å²) in [6.07, 6.45) is -0.521. The third-order valence-electron chi connectivity index (χ3n) is 1.04. The number of ether oxygens (including phenoxy) is 2. The highest BCUT2D eigenvalue weighted by Gasteiger charge is 2.13. The molecule has 1 atom stereocenters. The molecule has 0 heterocycles. The largest absolute Gasteiger partial charge is 0.461 e. The van der Waals surface area contributed by atoms with Crippen LogP contribution < -0.4 is 0 Å². The average molecular weight is 146 g/mol. The molecule has 0 aliphatic carbocycles. The first kappa shape index (κ1) is 9.43. The van der Waals surface area contributed by atoms with Crippen molar-refractivity contribution < 1.29 is 14.3 Å². The lowest BCUT2D eigenvalue weighted by Crippen LogP contribution is -2.24. The summed E-state index contributed by atoms with van der Waals surface area (Å²) in [7, 11) is 1.48. The summed E-state index contributed by atoms with van der Waals surface area (Å²) >= 11 is 0. The first-order valence-corrected chi connectivity index (χ1v) is 3.31. The molecule has 0 radical (unpaired) electrons. The topological polar surface area (TPSA) is 35.5 Å². The monoisotopic (exact) mass is 146 g/mol. The normalized spacial score (nSPS) is 13.3. The van der Waals surface area contributed by atoms with Crippen LogP contribution in [0.3, 0.4) is 0 Å². The molecule has 0 rings (SSSR count). The second kappa shape index (κ2) is 4.28. The van der Waals surface area contributed by atoms with Gasteiger partial charge in [-0.2, -0.15) is 0 Å². The second-order valence-corrected chi connectivity index (χ2v) is 2.36. The Hall–Kier alpha value is -0.570. The summed E-state index contributed by atoms with van der Waals surface area (Å²) in [5.74, 6) is -0.308. The summed E-state index contributed by atoms with van der Waals surface area (Å²) in [6.45, 7) is 5.27. The standard InChI is InChI=1S/C7H14O3/c1-5(2)10-7(8)6(3)9-4/h5-6H,1-4H3. The lowest BCUT2D eigenvalue weighted by atomic mass is 10.4. The van der Waals surface area contributed by atoms with Crippen LogP contribution in [0.4, 0.5) is 0 Å². The van der Waals surface area contributed by atoms with Crippen LogP contribution in [0.1, 0.15) is 20.8 Å². The van der Waals surface area contributed by atoms with Crippen molar-refractivity contribution in [1.82, 2.24) is 0 Å². The van der Waals surface area contributed by atoms with E-state index in [4.69, 9.17) is 9.47 Å². The fourth-order valence-electron chi connectivity index (χ4n) is 0.424. The molecule has 0 aromatic rings. The third-order valence-corrected chi connectivity index (χ3v) is 1.04. The van der Waals surface area contributed by atoms with E-state index in [9.17, 15) is 4.79 Å². The highest BCUT2D eigenvalue weighted by Crippen LogP contribution is 1.95. The highest BCUT2D eigenvalue weighted by molar-refractivity contribution is 5.74. The van der Waals surface area contributed by atoms with Crippen LogP contribution >= 0.6 is 0 Å². The number of rotatable bonds is 3. The van der Waals surface area contributed by atoms with Gasteiger partial charge in [0, 0.05) is 7.11 Å². The minimum Gasteiger partial charge on any atom is -0.461 e. The Kier molecular flexibility index (Phi) is 4.03. The van der Waals surface area contributed by atoms with Crippen molar-refractivity contribution in [3.05, 3.63) is 0 Å². The number of methoxy groups -OCH3 is 1. The van der Waals surface area contributed by atoms with Gasteiger partial charge in [-0.15, -0.1) is 0 Å². The summed E-state index contributed by atoms with van der Waals surface area (Å²) in [5.41, 5.74) is 0. The fraction of sp³-hybridized carbons (Fsp3) is 0.857. The van der Waals surface area contributed by atoms with Crippen molar-refractivity contribution in [2.75, 3.05) is 7.11 Å². The Morgan fingerprint density at radius 3 is 2.10 bits per heavy atom. The molecule has 0 bridgehead atoms. The summed E-state index contributed by atoms with van der Waals surface area (Å²) in [6, 6.07) is 0. The molecule has 0 spiro atoms. The van der Waals surface area contributed by atoms with Gasteiger partial charge in [0.2, 0.25) is 0 Å². The second-order valence-electron chi connectivity index (χ2n) is 2.36. The summed E-state index contributed by atoms with van der Waals surface area (Å²) in [4.78, 5) is 10.8. The van der Waals surface area contributed by atoms with E-state index in [1.54, 1.807) is 20.8 Å². The Labute approximate surface area is 61.3 Å². The average Bonchev–Trinajstić information content (AvgIpc) is 1.85. The van der Waals surface area contributed by atoms with Crippen LogP contribution in [0, 0.1) is 0 Å². The smallest absolute Gasteiger partial charge is 0.335 e. The molecule has 0 aliphatic rings. The van der Waals surface area contributed by atoms with E-state index in [0.29, 0.717) is 0 Å². The number of carbonyl (C=O) groups is 1. The molecule has 0 aromatic heterocycles. The lowest BCUT2D eigenvalue weighted by molar-refractivity contribution is -0.158. The van der Waals surface area contributed by atoms with Gasteiger partial charge in [0.05, 0.1) is 6.10 Å². The maximum atomic E-state index is 10.8. The van der Waals surface area contributed by atoms with Gasteiger partial charge in [-0.1, -0.05) is 0 Å². The molecule has 0 N–H and O–H groups in total. The molecule has 1 unspecified atom stereocenters. The number of esters is 1. The molecule has 0 amide bonds. The Morgan fingerprint density at radius 2 is 1.80 bits per heavy atom. The zero-order valence-electron chi connectivity index (χ0n) is 6.88. The maximum Gasteiger partial charge on any atom is 0.335 e. The SMILES string of the molecule is COC(C)C(=O)OC(C)C. The van der Waals surface area contributed by atoms with Gasteiger partial charge in [0.15, 0.2) is 6.10 Å². The predicted octanol–water partition coefficient (Wildman–Crippen LogP) is 0.973. The van der Waals surface area contributed by atoms with Crippen LogP contribution in [-0.4, -0.2) is 25.3 Å². The predicted molar refractivity (Wildman–Crippen MR) is 37.7 cm³/mol. The van der Waals surface area contributed by atoms with E-state index in [-0.39, 0.29) is 12.1 Å². The number of hydrogen-bond acceptors (Lipinski definition) is 3. The molecule has 3 heteroatoms. The lowest BCUT2D eigenvalue weighted by Gasteiger charge is -2.11. The van der Waals surface area contributed by atoms with Crippen molar-refractivity contribution in [3.8, 4) is 0 Å². The molecule has 0 fully saturated rings. The van der Waals surface area contributed by atoms with Gasteiger partial charge in [0.25, 0.3) is 0 Å². The van der Waals surface area contributed by atoms with Crippen molar-refractivity contribution in [2.45, 2.75) is 33.0 Å². The number of hydrogen-bond donors (Lipinski definition) is 0. The molecule has 0 saturated heterocycles. The first-order valence-electron chi connectivity index (χ1n) is 3.31. The van der Waals surface area contributed by atoms with Crippen molar-refractivity contribution in [2.24, 2.45) is 0 Å². The van der Waals surface area contributed by atoms with Crippen LogP contribution in [0.5, 0.6) is 0 Å². The van der Waals surface area contributed by atoms with Gasteiger partial charge >= 0.3 is 5.97 Å². The van der Waals surface area contributed by atoms with E-state index < -0.39 is 6.10 Å². The Morgan fingerprint density at radius 1 is 1.30 bits per heavy atom. The quantitative estimate of drug-likeness (QED) is 0.556. The van der Waals surface area contributed by atoms with E-state index in [2.05, 4.69) is 0 Å². The van der Waals surface area contributed by atoms with Gasteiger partial charge in [0.1, 0.15) is 0 Å². The molecule has 3 nitrogen and oxygen atoms in total. The molecular formula is C7H14O3. The van der Waals surface area contributed by atoms with Gasteiger partial charge in [-0.25, -0.2) is 4.79 Å². The van der Waals surface area contributed by atoms with Crippen molar-refractivity contribution >= 4 is 5.97 Å². The van der Waals surface area contributed by atoms with E-state index in [1.807, 2.05) is 0 Å². The molecule has 0 aromatic carbocycles. The van der Waals surface area contributed by atoms with E-state index in [0.717, 1.165) is 0 Å². The highest BCUT2D eigenvalue weighted by atomic mass is 16.6. The minimum absolute atomic E-state index is 0.0647. The van der Waals surface area contributed by atoms with E-state index >= 15 is 0 Å². The fourth-order valence-corrected chi connectivity index (χ4v) is 0.424. The van der Waals surface area contributed by atoms with Crippen molar-refractivity contribution in [1.29, 1.82) is 0 Å². The number of carbonyl (C=O) groups excluding carboxylic acids is 1. The molecule has 10 heavy (non-hydrogen) atoms. The Bertz CT molecular complexity index is 109. The zero-order chi connectivity index (χ0) is 8.15. The van der Waals surface area contributed by atoms with E-state index in [1.165, 1.54) is 7.11 Å². The van der Waals surface area contributed by atoms with Crippen molar-refractivity contribution in [3.63, 3.8) is 0 Å².